The fraction of sp³-hybridized carbons (Fsp3) is 0.942. The number of Topliss-reactive ketones (excluding diaryl/α,β-unsaturated/α-hetero) is 1. The van der Waals surface area contributed by atoms with Gasteiger partial charge in [0.15, 0.2) is 18.7 Å². The number of esters is 2. The lowest BCUT2D eigenvalue weighted by molar-refractivity contribution is -0.319. The molecule has 0 aromatic rings. The number of hydrogen-bond donors (Lipinski definition) is 5. The number of unbranched alkanes of at least 4 members (excludes halogenated alkanes) is 9. The molecule has 3 saturated heterocycles. The summed E-state index contributed by atoms with van der Waals surface area (Å²) < 4.78 is 76.6. The van der Waals surface area contributed by atoms with Crippen molar-refractivity contribution in [3.63, 3.8) is 0 Å². The third-order valence-corrected chi connectivity index (χ3v) is 15.5. The quantitative estimate of drug-likeness (QED) is 0.0468. The van der Waals surface area contributed by atoms with Crippen LogP contribution < -0.4 is 0 Å². The van der Waals surface area contributed by atoms with Crippen LogP contribution in [0.5, 0.6) is 0 Å². The summed E-state index contributed by atoms with van der Waals surface area (Å²) in [5.41, 5.74) is -4.92. The molecule has 72 heavy (non-hydrogen) atoms. The molecule has 3 fully saturated rings. The van der Waals surface area contributed by atoms with E-state index in [2.05, 4.69) is 11.1 Å². The Kier molecular flexibility index (Phi) is 27.7. The number of nitrogens with zero attached hydrogens (tertiary/aromatic N) is 1. The predicted molar refractivity (Wildman–Crippen MR) is 270 cm³/mol. The van der Waals surface area contributed by atoms with Crippen LogP contribution >= 0.6 is 0 Å². The highest BCUT2D eigenvalue weighted by Gasteiger charge is 2.54. The molecular weight excluding hydrogens is 959 g/mol. The van der Waals surface area contributed by atoms with Gasteiger partial charge in [-0.1, -0.05) is 99.3 Å². The highest BCUT2D eigenvalue weighted by atomic mass is 32.3. The van der Waals surface area contributed by atoms with E-state index in [1.165, 1.54) is 72.8 Å². The zero-order valence-corrected chi connectivity index (χ0v) is 47.2. The van der Waals surface area contributed by atoms with E-state index < -0.39 is 124 Å². The van der Waals surface area contributed by atoms with Crippen LogP contribution in [0.25, 0.3) is 0 Å². The van der Waals surface area contributed by atoms with Gasteiger partial charge < -0.3 is 58.5 Å². The van der Waals surface area contributed by atoms with Crippen molar-refractivity contribution in [1.82, 2.24) is 4.90 Å². The minimum atomic E-state index is -4.23. The van der Waals surface area contributed by atoms with Gasteiger partial charge >= 0.3 is 22.3 Å². The van der Waals surface area contributed by atoms with Crippen molar-refractivity contribution in [2.24, 2.45) is 23.7 Å². The maximum Gasteiger partial charge on any atom is 0.397 e. The monoisotopic (exact) mass is 1060 g/mol. The average molecular weight is 1060 g/mol. The molecule has 18 atom stereocenters. The van der Waals surface area contributed by atoms with Crippen molar-refractivity contribution in [1.29, 1.82) is 0 Å². The Hall–Kier alpha value is -1.92. The summed E-state index contributed by atoms with van der Waals surface area (Å²) in [6, 6.07) is -0.319. The van der Waals surface area contributed by atoms with Crippen LogP contribution in [0.3, 0.4) is 0 Å². The normalized spacial score (nSPS) is 38.6. The second-order valence-electron chi connectivity index (χ2n) is 21.7. The highest BCUT2D eigenvalue weighted by Crippen LogP contribution is 2.41. The number of aliphatic hydroxyl groups excluding tert-OH is 2. The number of aliphatic hydroxyl groups is 4. The molecule has 3 aliphatic heterocycles. The zero-order valence-electron chi connectivity index (χ0n) is 46.4. The van der Waals surface area contributed by atoms with E-state index in [-0.39, 0.29) is 44.4 Å². The molecule has 3 heterocycles. The summed E-state index contributed by atoms with van der Waals surface area (Å²) in [6.45, 7) is 20.3. The van der Waals surface area contributed by atoms with Gasteiger partial charge in [0.1, 0.15) is 23.6 Å². The van der Waals surface area contributed by atoms with Crippen LogP contribution in [0.2, 0.25) is 0 Å². The number of ketones is 1. The van der Waals surface area contributed by atoms with Crippen LogP contribution in [0, 0.1) is 23.7 Å². The number of cyclic esters (lactones) is 1. The molecule has 3 aliphatic rings. The van der Waals surface area contributed by atoms with E-state index in [9.17, 15) is 43.2 Å². The van der Waals surface area contributed by atoms with Crippen molar-refractivity contribution < 1.29 is 85.1 Å². The molecule has 0 saturated carbocycles. The molecule has 0 aromatic heterocycles. The Morgan fingerprint density at radius 3 is 1.88 bits per heavy atom. The fourth-order valence-electron chi connectivity index (χ4n) is 10.5. The first-order valence-corrected chi connectivity index (χ1v) is 28.0. The molecule has 3 rings (SSSR count). The Balaban J connectivity index is 0.000000887. The third kappa shape index (κ3) is 19.6. The molecule has 0 bridgehead atoms. The second kappa shape index (κ2) is 30.1. The van der Waals surface area contributed by atoms with E-state index in [4.69, 9.17) is 37.7 Å². The number of ether oxygens (including phenoxy) is 7. The lowest BCUT2D eigenvalue weighted by atomic mass is 9.74. The van der Waals surface area contributed by atoms with E-state index >= 15 is 0 Å². The van der Waals surface area contributed by atoms with Crippen molar-refractivity contribution in [2.45, 2.75) is 264 Å². The van der Waals surface area contributed by atoms with Gasteiger partial charge in [0.05, 0.1) is 60.3 Å². The Morgan fingerprint density at radius 1 is 0.792 bits per heavy atom. The molecule has 0 aliphatic carbocycles. The van der Waals surface area contributed by atoms with Crippen molar-refractivity contribution >= 4 is 28.1 Å². The minimum absolute atomic E-state index is 0.0760. The van der Waals surface area contributed by atoms with Crippen molar-refractivity contribution in [3.8, 4) is 0 Å². The summed E-state index contributed by atoms with van der Waals surface area (Å²) in [5.74, 6) is -5.59. The third-order valence-electron chi connectivity index (χ3n) is 15.1. The number of methoxy groups -OCH3 is 1. The maximum atomic E-state index is 14.2. The van der Waals surface area contributed by atoms with Gasteiger partial charge in [-0.3, -0.25) is 18.9 Å². The van der Waals surface area contributed by atoms with Crippen LogP contribution in [-0.4, -0.2) is 168 Å². The topological polar surface area (TPSA) is 264 Å². The smallest absolute Gasteiger partial charge is 0.397 e. The van der Waals surface area contributed by atoms with Crippen LogP contribution in [0.4, 0.5) is 0 Å². The van der Waals surface area contributed by atoms with E-state index in [1.807, 2.05) is 25.9 Å². The number of likely N-dealkylation sites (N-methyl/N-ethyl adjacent to an activating group) is 1. The van der Waals surface area contributed by atoms with Crippen LogP contribution in [0.1, 0.15) is 179 Å². The van der Waals surface area contributed by atoms with Gasteiger partial charge in [0, 0.05) is 37.7 Å². The van der Waals surface area contributed by atoms with Crippen molar-refractivity contribution in [2.75, 3.05) is 27.8 Å². The Bertz CT molecular complexity index is 1730. The van der Waals surface area contributed by atoms with E-state index in [0.29, 0.717) is 12.8 Å². The molecule has 20 heteroatoms. The SMILES string of the molecule is CCC(=O)O[C@H]1[C@H](OC2[C@@H](C)[C@H](O[C@H]3C[C@@](C)(OC)[C@@H](O)[C@H](C)O3)[C@@H](C)C(=O)O[C@H](CC)[C@@](C)(O)[C@H](O)[C@@H](C)C(=O)[C@H](C)C[C@@]2(C)O)O[C@H](C)C[C@@H]1N(C)C.CCCCCCCCCCCCOS(=O)(=O)O. The van der Waals surface area contributed by atoms with Gasteiger partial charge in [0.2, 0.25) is 0 Å². The molecule has 0 spiro atoms. The first-order chi connectivity index (χ1) is 33.4. The maximum absolute atomic E-state index is 14.2. The molecule has 5 N–H and O–H groups in total. The molecular formula is C52H97NO18S. The van der Waals surface area contributed by atoms with Crippen LogP contribution in [-0.2, 0) is 62.1 Å². The van der Waals surface area contributed by atoms with Gasteiger partial charge in [-0.2, -0.15) is 8.42 Å². The van der Waals surface area contributed by atoms with Crippen molar-refractivity contribution in [3.05, 3.63) is 0 Å². The minimum Gasteiger partial charge on any atom is -0.459 e. The standard InChI is InChI=1S/C40H71NO14.C12H26O4S/c1-15-27-40(11,48)33(44)22(5)30(43)20(3)18-38(9,47)35(55-37-32(53-28(42)16-2)26(41(12)13)17-21(4)50-37)23(6)31(24(7)36(46)52-27)54-29-19-39(10,49-14)34(45)25(8)51-29;1-2-3-4-5-6-7-8-9-10-11-12-16-17(13,14)15/h20-27,29,31-35,37,44-45,47-48H,15-19H2,1-14H3;2-12H2,1H3,(H,13,14,15)/t20-,21-,22+,23+,24-,25+,26+,27-,29+,31+,32-,33-,34+,35?,37+,38-,39-,40-;/m1./s1. The molecule has 0 amide bonds. The lowest BCUT2D eigenvalue weighted by Gasteiger charge is -2.49. The van der Waals surface area contributed by atoms with E-state index in [1.54, 1.807) is 48.5 Å². The second-order valence-corrected chi connectivity index (χ2v) is 22.8. The van der Waals surface area contributed by atoms with Gasteiger partial charge in [-0.05, 0) is 81.3 Å². The van der Waals surface area contributed by atoms with Gasteiger partial charge in [-0.15, -0.1) is 0 Å². The van der Waals surface area contributed by atoms with E-state index in [0.717, 1.165) is 12.8 Å². The Labute approximate surface area is 432 Å². The summed E-state index contributed by atoms with van der Waals surface area (Å²) in [6.07, 6.45) is 2.17. The van der Waals surface area contributed by atoms with Crippen LogP contribution in [0.15, 0.2) is 0 Å². The number of carbonyl (C=O) groups excluding carboxylic acids is 3. The first kappa shape index (κ1) is 66.2. The van der Waals surface area contributed by atoms with Gasteiger partial charge in [0.25, 0.3) is 0 Å². The average Bonchev–Trinajstić information content (AvgIpc) is 3.30. The van der Waals surface area contributed by atoms with Gasteiger partial charge in [-0.25, -0.2) is 4.18 Å². The molecule has 0 radical (unpaired) electrons. The summed E-state index contributed by atoms with van der Waals surface area (Å²) in [7, 11) is 0.973. The fourth-order valence-corrected chi connectivity index (χ4v) is 10.8. The highest BCUT2D eigenvalue weighted by molar-refractivity contribution is 7.80. The number of carbonyl (C=O) groups is 3. The molecule has 1 unspecified atom stereocenters. The first-order valence-electron chi connectivity index (χ1n) is 26.6. The number of rotatable bonds is 21. The molecule has 0 aromatic carbocycles. The summed E-state index contributed by atoms with van der Waals surface area (Å²) in [4.78, 5) is 42.9. The lowest BCUT2D eigenvalue weighted by Crippen LogP contribution is -2.61. The largest absolute Gasteiger partial charge is 0.459 e. The molecule has 19 nitrogen and oxygen atoms in total. The number of hydrogen-bond acceptors (Lipinski definition) is 18. The predicted octanol–water partition coefficient (Wildman–Crippen LogP) is 6.47. The summed E-state index contributed by atoms with van der Waals surface area (Å²) >= 11 is 0. The molecule has 424 valence electrons. The summed E-state index contributed by atoms with van der Waals surface area (Å²) in [5, 5.41) is 46.6. The zero-order chi connectivity index (χ0) is 54.9. The Morgan fingerprint density at radius 2 is 1.36 bits per heavy atom.